The predicted octanol–water partition coefficient (Wildman–Crippen LogP) is 0.974. The molecule has 0 aromatic heterocycles. The van der Waals surface area contributed by atoms with E-state index in [0.717, 1.165) is 19.3 Å². The van der Waals surface area contributed by atoms with Gasteiger partial charge in [0.15, 0.2) is 0 Å². The molecule has 4 heteroatoms. The van der Waals surface area contributed by atoms with Crippen molar-refractivity contribution in [2.24, 2.45) is 0 Å². The van der Waals surface area contributed by atoms with Crippen molar-refractivity contribution in [2.75, 3.05) is 0 Å². The van der Waals surface area contributed by atoms with E-state index in [4.69, 9.17) is 5.11 Å². The standard InChI is InChI=1S/C6H10INO2/c7-5-3-1-2-4(8-5)6(9)10/h4-5,8H,1-3H2,(H,9,10). The molecule has 1 fully saturated rings. The lowest BCUT2D eigenvalue weighted by atomic mass is 10.1. The van der Waals surface area contributed by atoms with Gasteiger partial charge < -0.3 is 5.11 Å². The molecule has 1 heterocycles. The molecule has 0 radical (unpaired) electrons. The second-order valence-corrected chi connectivity index (χ2v) is 3.96. The van der Waals surface area contributed by atoms with Gasteiger partial charge in [-0.15, -0.1) is 0 Å². The van der Waals surface area contributed by atoms with E-state index in [-0.39, 0.29) is 6.04 Å². The van der Waals surface area contributed by atoms with Crippen molar-refractivity contribution in [3.63, 3.8) is 0 Å². The summed E-state index contributed by atoms with van der Waals surface area (Å²) in [6, 6.07) is -0.310. The minimum atomic E-state index is -0.721. The minimum Gasteiger partial charge on any atom is -0.480 e. The highest BCUT2D eigenvalue weighted by atomic mass is 127. The molecule has 2 unspecified atom stereocenters. The van der Waals surface area contributed by atoms with Crippen LogP contribution in [-0.4, -0.2) is 21.2 Å². The predicted molar refractivity (Wildman–Crippen MR) is 46.2 cm³/mol. The fraction of sp³-hybridized carbons (Fsp3) is 0.833. The van der Waals surface area contributed by atoms with Crippen LogP contribution in [0, 0.1) is 0 Å². The Morgan fingerprint density at radius 2 is 2.30 bits per heavy atom. The molecule has 2 N–H and O–H groups in total. The van der Waals surface area contributed by atoms with E-state index in [0.29, 0.717) is 4.05 Å². The van der Waals surface area contributed by atoms with Crippen molar-refractivity contribution in [3.8, 4) is 0 Å². The molecule has 0 bridgehead atoms. The van der Waals surface area contributed by atoms with E-state index >= 15 is 0 Å². The quantitative estimate of drug-likeness (QED) is 0.417. The number of piperidine rings is 1. The molecule has 0 aromatic rings. The number of halogens is 1. The van der Waals surface area contributed by atoms with Crippen LogP contribution in [0.15, 0.2) is 0 Å². The van der Waals surface area contributed by atoms with E-state index in [2.05, 4.69) is 27.9 Å². The van der Waals surface area contributed by atoms with Crippen LogP contribution in [0.3, 0.4) is 0 Å². The fourth-order valence-corrected chi connectivity index (χ4v) is 1.96. The van der Waals surface area contributed by atoms with Crippen LogP contribution in [0.4, 0.5) is 0 Å². The van der Waals surface area contributed by atoms with Gasteiger partial charge in [-0.25, -0.2) is 0 Å². The summed E-state index contributed by atoms with van der Waals surface area (Å²) in [5, 5.41) is 11.6. The van der Waals surface area contributed by atoms with Gasteiger partial charge >= 0.3 is 5.97 Å². The minimum absolute atomic E-state index is 0.310. The molecule has 0 amide bonds. The average Bonchev–Trinajstić information content (AvgIpc) is 1.88. The third-order valence-electron chi connectivity index (χ3n) is 1.63. The van der Waals surface area contributed by atoms with Crippen LogP contribution in [-0.2, 0) is 4.79 Å². The summed E-state index contributed by atoms with van der Waals surface area (Å²) in [5.74, 6) is -0.721. The van der Waals surface area contributed by atoms with Gasteiger partial charge in [0, 0.05) is 0 Å². The Morgan fingerprint density at radius 3 is 2.70 bits per heavy atom. The molecule has 0 aromatic carbocycles. The van der Waals surface area contributed by atoms with Gasteiger partial charge in [0.25, 0.3) is 0 Å². The molecule has 0 spiro atoms. The first-order chi connectivity index (χ1) is 4.70. The zero-order chi connectivity index (χ0) is 7.56. The Labute approximate surface area is 73.3 Å². The zero-order valence-corrected chi connectivity index (χ0v) is 7.67. The topological polar surface area (TPSA) is 49.3 Å². The number of carboxylic acids is 1. The van der Waals surface area contributed by atoms with Crippen LogP contribution in [0.5, 0.6) is 0 Å². The Morgan fingerprint density at radius 1 is 1.60 bits per heavy atom. The van der Waals surface area contributed by atoms with E-state index in [1.165, 1.54) is 0 Å². The second-order valence-electron chi connectivity index (χ2n) is 2.46. The maximum Gasteiger partial charge on any atom is 0.320 e. The molecule has 0 aliphatic carbocycles. The maximum absolute atomic E-state index is 10.4. The number of nitrogens with one attached hydrogen (secondary N) is 1. The molecule has 3 nitrogen and oxygen atoms in total. The van der Waals surface area contributed by atoms with Gasteiger partial charge in [-0.2, -0.15) is 0 Å². The molecule has 1 saturated heterocycles. The molecular weight excluding hydrogens is 245 g/mol. The van der Waals surface area contributed by atoms with Crippen molar-refractivity contribution >= 4 is 28.6 Å². The molecule has 1 rings (SSSR count). The molecule has 2 atom stereocenters. The normalized spacial score (nSPS) is 33.7. The first-order valence-electron chi connectivity index (χ1n) is 3.33. The molecule has 10 heavy (non-hydrogen) atoms. The Bertz CT molecular complexity index is 140. The van der Waals surface area contributed by atoms with Crippen molar-refractivity contribution in [1.82, 2.24) is 5.32 Å². The van der Waals surface area contributed by atoms with E-state index in [1.807, 2.05) is 0 Å². The van der Waals surface area contributed by atoms with Gasteiger partial charge in [0.05, 0.1) is 4.05 Å². The van der Waals surface area contributed by atoms with Crippen molar-refractivity contribution < 1.29 is 9.90 Å². The van der Waals surface area contributed by atoms with Crippen LogP contribution >= 0.6 is 22.6 Å². The molecule has 1 aliphatic rings. The van der Waals surface area contributed by atoms with Gasteiger partial charge in [-0.3, -0.25) is 10.1 Å². The largest absolute Gasteiger partial charge is 0.480 e. The second kappa shape index (κ2) is 3.52. The summed E-state index contributed by atoms with van der Waals surface area (Å²) in [7, 11) is 0. The van der Waals surface area contributed by atoms with Crippen LogP contribution in [0.1, 0.15) is 19.3 Å². The highest BCUT2D eigenvalue weighted by Gasteiger charge is 2.23. The van der Waals surface area contributed by atoms with Gasteiger partial charge in [-0.05, 0) is 19.3 Å². The molecule has 58 valence electrons. The Balaban J connectivity index is 2.39. The van der Waals surface area contributed by atoms with Crippen LogP contribution in [0.2, 0.25) is 0 Å². The first kappa shape index (κ1) is 8.26. The number of carbonyl (C=O) groups is 1. The number of rotatable bonds is 1. The lowest BCUT2D eigenvalue weighted by molar-refractivity contribution is -0.140. The van der Waals surface area contributed by atoms with Gasteiger partial charge in [0.2, 0.25) is 0 Å². The Kier molecular flexibility index (Phi) is 2.91. The smallest absolute Gasteiger partial charge is 0.320 e. The number of aliphatic carboxylic acids is 1. The molecule has 1 aliphatic heterocycles. The summed E-state index contributed by atoms with van der Waals surface area (Å²) in [5.41, 5.74) is 0. The zero-order valence-electron chi connectivity index (χ0n) is 5.51. The monoisotopic (exact) mass is 255 g/mol. The summed E-state index contributed by atoms with van der Waals surface area (Å²) < 4.78 is 0.340. The Hall–Kier alpha value is 0.160. The molecule has 0 saturated carbocycles. The lowest BCUT2D eigenvalue weighted by Gasteiger charge is -2.24. The summed E-state index contributed by atoms with van der Waals surface area (Å²) >= 11 is 2.23. The third-order valence-corrected chi connectivity index (χ3v) is 2.61. The fourth-order valence-electron chi connectivity index (χ4n) is 1.08. The number of hydrogen-bond acceptors (Lipinski definition) is 2. The first-order valence-corrected chi connectivity index (χ1v) is 4.57. The van der Waals surface area contributed by atoms with E-state index in [9.17, 15) is 4.79 Å². The van der Waals surface area contributed by atoms with E-state index < -0.39 is 5.97 Å². The number of alkyl halides is 1. The van der Waals surface area contributed by atoms with Crippen LogP contribution < -0.4 is 5.32 Å². The van der Waals surface area contributed by atoms with Crippen molar-refractivity contribution in [3.05, 3.63) is 0 Å². The SMILES string of the molecule is O=C(O)C1CCCC(I)N1. The summed E-state index contributed by atoms with van der Waals surface area (Å²) in [6.45, 7) is 0. The van der Waals surface area contributed by atoms with E-state index in [1.54, 1.807) is 0 Å². The number of hydrogen-bond donors (Lipinski definition) is 2. The van der Waals surface area contributed by atoms with Crippen molar-refractivity contribution in [2.45, 2.75) is 29.4 Å². The molecular formula is C6H10INO2. The highest BCUT2D eigenvalue weighted by molar-refractivity contribution is 14.1. The lowest BCUT2D eigenvalue weighted by Crippen LogP contribution is -2.43. The number of carboxylic acid groups (broad SMARTS) is 1. The average molecular weight is 255 g/mol. The maximum atomic E-state index is 10.4. The summed E-state index contributed by atoms with van der Waals surface area (Å²) in [4.78, 5) is 10.4. The third kappa shape index (κ3) is 2.09. The van der Waals surface area contributed by atoms with Crippen molar-refractivity contribution in [1.29, 1.82) is 0 Å². The summed E-state index contributed by atoms with van der Waals surface area (Å²) in [6.07, 6.45) is 2.89. The van der Waals surface area contributed by atoms with Gasteiger partial charge in [0.1, 0.15) is 6.04 Å². The highest BCUT2D eigenvalue weighted by Crippen LogP contribution is 2.16. The van der Waals surface area contributed by atoms with Gasteiger partial charge in [-0.1, -0.05) is 22.6 Å². The van der Waals surface area contributed by atoms with Crippen LogP contribution in [0.25, 0.3) is 0 Å².